The van der Waals surface area contributed by atoms with E-state index < -0.39 is 75.3 Å². The number of carbonyl (C=O) groups is 3. The van der Waals surface area contributed by atoms with Crippen LogP contribution in [0.3, 0.4) is 0 Å². The molecule has 0 aromatic rings. The topological polar surface area (TPSA) is 101 Å². The lowest BCUT2D eigenvalue weighted by Crippen LogP contribution is -2.71. The van der Waals surface area contributed by atoms with Gasteiger partial charge in [0.2, 0.25) is 5.60 Å². The number of alkyl halides is 2. The number of rotatable bonds is 3. The van der Waals surface area contributed by atoms with Gasteiger partial charge in [-0.3, -0.25) is 9.59 Å². The summed E-state index contributed by atoms with van der Waals surface area (Å²) in [4.78, 5) is 37.8. The second-order valence-electron chi connectivity index (χ2n) is 12.0. The summed E-state index contributed by atoms with van der Waals surface area (Å²) in [6, 6.07) is 0. The number of carbonyl (C=O) groups excluding carboxylic acids is 2. The Labute approximate surface area is 197 Å². The molecule has 0 aliphatic heterocycles. The van der Waals surface area contributed by atoms with Crippen molar-refractivity contribution >= 4 is 17.7 Å². The number of aliphatic carboxylic acids is 1. The van der Waals surface area contributed by atoms with Crippen LogP contribution < -0.4 is 0 Å². The van der Waals surface area contributed by atoms with E-state index >= 15 is 8.78 Å². The van der Waals surface area contributed by atoms with Gasteiger partial charge in [-0.2, -0.15) is 0 Å². The van der Waals surface area contributed by atoms with E-state index in [-0.39, 0.29) is 24.8 Å². The van der Waals surface area contributed by atoms with Crippen LogP contribution >= 0.6 is 0 Å². The van der Waals surface area contributed by atoms with Gasteiger partial charge in [-0.1, -0.05) is 19.9 Å². The van der Waals surface area contributed by atoms with Crippen LogP contribution in [0, 0.1) is 34.0 Å². The Morgan fingerprint density at radius 1 is 1.15 bits per heavy atom. The molecule has 34 heavy (non-hydrogen) atoms. The number of ether oxygens (including phenoxy) is 1. The monoisotopic (exact) mass is 478 g/mol. The average molecular weight is 479 g/mol. The number of aliphatic hydroxyl groups is 1. The maximum absolute atomic E-state index is 17.2. The Kier molecular flexibility index (Phi) is 4.71. The minimum absolute atomic E-state index is 0.0185. The second kappa shape index (κ2) is 6.77. The van der Waals surface area contributed by atoms with Gasteiger partial charge in [0.15, 0.2) is 11.5 Å². The zero-order valence-electron chi connectivity index (χ0n) is 19.9. The molecule has 8 heteroatoms. The summed E-state index contributed by atoms with van der Waals surface area (Å²) in [7, 11) is 0. The maximum Gasteiger partial charge on any atom is 0.349 e. The molecule has 2 N–H and O–H groups in total. The van der Waals surface area contributed by atoms with Crippen LogP contribution in [0.15, 0.2) is 23.8 Å². The molecule has 186 valence electrons. The van der Waals surface area contributed by atoms with E-state index in [1.807, 2.05) is 0 Å². The van der Waals surface area contributed by atoms with Crippen LogP contribution in [0.4, 0.5) is 8.78 Å². The van der Waals surface area contributed by atoms with Gasteiger partial charge in [0.05, 0.1) is 11.5 Å². The number of halogens is 2. The number of carboxylic acid groups (broad SMARTS) is 1. The normalized spacial score (nSPS) is 50.5. The first-order chi connectivity index (χ1) is 15.7. The van der Waals surface area contributed by atoms with E-state index in [1.54, 1.807) is 20.8 Å². The predicted molar refractivity (Wildman–Crippen MR) is 117 cm³/mol. The minimum Gasteiger partial charge on any atom is -0.478 e. The van der Waals surface area contributed by atoms with Crippen LogP contribution in [0.5, 0.6) is 0 Å². The summed E-state index contributed by atoms with van der Waals surface area (Å²) < 4.78 is 38.6. The number of hydrogen-bond donors (Lipinski definition) is 2. The zero-order chi connectivity index (χ0) is 25.1. The Morgan fingerprint density at radius 2 is 1.79 bits per heavy atom. The lowest BCUT2D eigenvalue weighted by molar-refractivity contribution is -0.238. The first-order valence-corrected chi connectivity index (χ1v) is 12.1. The fourth-order valence-electron chi connectivity index (χ4n) is 7.90. The van der Waals surface area contributed by atoms with Gasteiger partial charge in [-0.15, -0.1) is 0 Å². The third kappa shape index (κ3) is 2.56. The lowest BCUT2D eigenvalue weighted by Gasteiger charge is -2.63. The van der Waals surface area contributed by atoms with E-state index in [1.165, 1.54) is 19.1 Å². The van der Waals surface area contributed by atoms with Gasteiger partial charge >= 0.3 is 11.9 Å². The van der Waals surface area contributed by atoms with Crippen LogP contribution in [0.2, 0.25) is 0 Å². The average Bonchev–Trinajstić information content (AvgIpc) is 3.46. The molecule has 0 aromatic heterocycles. The number of allylic oxidation sites excluding steroid dienone is 4. The molecule has 4 saturated carbocycles. The summed E-state index contributed by atoms with van der Waals surface area (Å²) >= 11 is 0. The number of ketones is 1. The zero-order valence-corrected chi connectivity index (χ0v) is 19.9. The Hall–Kier alpha value is -2.09. The first kappa shape index (κ1) is 23.6. The molecule has 0 amide bonds. The van der Waals surface area contributed by atoms with Gasteiger partial charge in [-0.25, -0.2) is 13.6 Å². The maximum atomic E-state index is 17.2. The SMILES string of the molecule is C[C@@H]1C[C@H]2[C@@H]3C[C@H](F)C4=CC(=O)C=C[C@]4(C)[C@@]3(F)[C@@H](O)C[C@]2(C)[C@@]1(OC(=O)C1(C)CC1)C(=O)O. The molecule has 4 fully saturated rings. The Balaban J connectivity index is 1.62. The van der Waals surface area contributed by atoms with Gasteiger partial charge in [-0.05, 0) is 69.6 Å². The number of esters is 1. The van der Waals surface area contributed by atoms with Crippen molar-refractivity contribution in [2.75, 3.05) is 0 Å². The van der Waals surface area contributed by atoms with Crippen molar-refractivity contribution in [1.29, 1.82) is 0 Å². The van der Waals surface area contributed by atoms with Crippen molar-refractivity contribution in [1.82, 2.24) is 0 Å². The van der Waals surface area contributed by atoms with E-state index in [0.29, 0.717) is 12.8 Å². The summed E-state index contributed by atoms with van der Waals surface area (Å²) in [5, 5.41) is 21.8. The molecule has 0 saturated heterocycles. The van der Waals surface area contributed by atoms with Crippen molar-refractivity contribution in [3.8, 4) is 0 Å². The molecule has 5 rings (SSSR count). The van der Waals surface area contributed by atoms with E-state index in [9.17, 15) is 24.6 Å². The fraction of sp³-hybridized carbons (Fsp3) is 0.731. The molecule has 0 unspecified atom stereocenters. The first-order valence-electron chi connectivity index (χ1n) is 12.1. The predicted octanol–water partition coefficient (Wildman–Crippen LogP) is 3.72. The van der Waals surface area contributed by atoms with Crippen LogP contribution in [-0.4, -0.2) is 51.5 Å². The molecule has 6 nitrogen and oxygen atoms in total. The number of carboxylic acids is 1. The van der Waals surface area contributed by atoms with Crippen LogP contribution in [0.25, 0.3) is 0 Å². The van der Waals surface area contributed by atoms with Crippen molar-refractivity contribution in [2.24, 2.45) is 34.0 Å². The molecule has 5 aliphatic rings. The lowest BCUT2D eigenvalue weighted by atomic mass is 9.44. The quantitative estimate of drug-likeness (QED) is 0.600. The molecule has 5 aliphatic carbocycles. The van der Waals surface area contributed by atoms with Gasteiger partial charge in [0.1, 0.15) is 6.17 Å². The van der Waals surface area contributed by atoms with Crippen molar-refractivity contribution in [3.63, 3.8) is 0 Å². The standard InChI is InChI=1S/C26H32F2O6/c1-13-9-15-16-11-18(27)17-10-14(29)5-6-23(17,3)25(16,28)19(30)12-24(15,4)26(13,20(31)32)34-21(33)22(2)7-8-22/h5-6,10,13,15-16,18-19,30H,7-9,11-12H2,1-4H3,(H,31,32)/t13-,15+,16+,18+,19+,23+,24+,25+,26+/m1/s1. The molecular formula is C26H32F2O6. The summed E-state index contributed by atoms with van der Waals surface area (Å²) in [5.41, 5.74) is -7.81. The van der Waals surface area contributed by atoms with Gasteiger partial charge < -0.3 is 14.9 Å². The van der Waals surface area contributed by atoms with Crippen LogP contribution in [-0.2, 0) is 19.1 Å². The third-order valence-electron chi connectivity index (χ3n) is 10.2. The molecule has 9 atom stereocenters. The Morgan fingerprint density at radius 3 is 2.38 bits per heavy atom. The van der Waals surface area contributed by atoms with Crippen LogP contribution in [0.1, 0.15) is 59.8 Å². The van der Waals surface area contributed by atoms with Crippen molar-refractivity contribution < 1.29 is 38.1 Å². The molecule has 0 spiro atoms. The number of fused-ring (bicyclic) bond motifs is 5. The highest BCUT2D eigenvalue weighted by Gasteiger charge is 2.79. The summed E-state index contributed by atoms with van der Waals surface area (Å²) in [6.07, 6.45) is 1.34. The Bertz CT molecular complexity index is 1050. The number of hydrogen-bond acceptors (Lipinski definition) is 5. The largest absolute Gasteiger partial charge is 0.478 e. The molecule has 0 bridgehead atoms. The molecule has 0 radical (unpaired) electrons. The van der Waals surface area contributed by atoms with Gasteiger partial charge in [0.25, 0.3) is 0 Å². The van der Waals surface area contributed by atoms with Crippen molar-refractivity contribution in [3.05, 3.63) is 23.8 Å². The van der Waals surface area contributed by atoms with Gasteiger partial charge in [0, 0.05) is 22.7 Å². The highest BCUT2D eigenvalue weighted by molar-refractivity contribution is 6.01. The third-order valence-corrected chi connectivity index (χ3v) is 10.2. The van der Waals surface area contributed by atoms with E-state index in [4.69, 9.17) is 4.74 Å². The minimum atomic E-state index is -2.30. The number of aliphatic hydroxyl groups excluding tert-OH is 1. The second-order valence-corrected chi connectivity index (χ2v) is 12.0. The highest BCUT2D eigenvalue weighted by Crippen LogP contribution is 2.71. The van der Waals surface area contributed by atoms with E-state index in [0.717, 1.165) is 6.08 Å². The highest BCUT2D eigenvalue weighted by atomic mass is 19.1. The smallest absolute Gasteiger partial charge is 0.349 e. The molecular weight excluding hydrogens is 446 g/mol. The van der Waals surface area contributed by atoms with E-state index in [2.05, 4.69) is 0 Å². The summed E-state index contributed by atoms with van der Waals surface area (Å²) in [6.45, 7) is 6.55. The molecule has 0 aromatic carbocycles. The fourth-order valence-corrected chi connectivity index (χ4v) is 7.90. The van der Waals surface area contributed by atoms with Crippen molar-refractivity contribution in [2.45, 2.75) is 83.3 Å². The molecule has 0 heterocycles. The summed E-state index contributed by atoms with van der Waals surface area (Å²) in [5.74, 6) is -4.65.